The topological polar surface area (TPSA) is 51.0 Å². The molecule has 1 N–H and O–H groups in total. The van der Waals surface area contributed by atoms with Crippen LogP contribution in [-0.2, 0) is 6.42 Å². The number of pyridine rings is 1. The second-order valence-corrected chi connectivity index (χ2v) is 4.84. The van der Waals surface area contributed by atoms with Crippen LogP contribution in [0.3, 0.4) is 0 Å². The van der Waals surface area contributed by atoms with Gasteiger partial charge in [-0.25, -0.2) is 4.98 Å². The molecule has 0 saturated heterocycles. The molecule has 2 unspecified atom stereocenters. The lowest BCUT2D eigenvalue weighted by molar-refractivity contribution is 0.368. The summed E-state index contributed by atoms with van der Waals surface area (Å²) in [6.45, 7) is 3.99. The van der Waals surface area contributed by atoms with Gasteiger partial charge >= 0.3 is 0 Å². The van der Waals surface area contributed by atoms with Gasteiger partial charge in [0.1, 0.15) is 5.76 Å². The smallest absolute Gasteiger partial charge is 0.211 e. The maximum atomic E-state index is 5.55. The number of aromatic nitrogens is 2. The fourth-order valence-electron chi connectivity index (χ4n) is 2.52. The Morgan fingerprint density at radius 1 is 1.44 bits per heavy atom. The molecule has 94 valence electrons. The number of nitrogens with zero attached hydrogens (tertiary/aromatic N) is 2. The van der Waals surface area contributed by atoms with E-state index in [-0.39, 0.29) is 6.04 Å². The van der Waals surface area contributed by atoms with Crippen LogP contribution in [0.2, 0.25) is 0 Å². The summed E-state index contributed by atoms with van der Waals surface area (Å²) in [5, 5.41) is 3.55. The normalized spacial score (nSPS) is 19.8. The largest absolute Gasteiger partial charge is 0.444 e. The molecule has 18 heavy (non-hydrogen) atoms. The molecule has 0 bridgehead atoms. The molecule has 0 amide bonds. The van der Waals surface area contributed by atoms with Gasteiger partial charge in [0.2, 0.25) is 5.89 Å². The van der Waals surface area contributed by atoms with Crippen molar-refractivity contribution < 1.29 is 4.42 Å². The summed E-state index contributed by atoms with van der Waals surface area (Å²) in [4.78, 5) is 8.74. The third-order valence-corrected chi connectivity index (χ3v) is 3.42. The molecule has 1 aliphatic carbocycles. The number of hydrogen-bond acceptors (Lipinski definition) is 4. The minimum atomic E-state index is 0.108. The van der Waals surface area contributed by atoms with Gasteiger partial charge in [-0.3, -0.25) is 10.3 Å². The van der Waals surface area contributed by atoms with Crippen molar-refractivity contribution in [3.05, 3.63) is 47.4 Å². The highest BCUT2D eigenvalue weighted by atomic mass is 16.4. The fraction of sp³-hybridized carbons (Fsp3) is 0.429. The molecule has 2 atom stereocenters. The first-order valence-electron chi connectivity index (χ1n) is 6.36. The predicted octanol–water partition coefficient (Wildman–Crippen LogP) is 2.72. The van der Waals surface area contributed by atoms with E-state index in [0.717, 1.165) is 24.5 Å². The summed E-state index contributed by atoms with van der Waals surface area (Å²) >= 11 is 0. The summed E-state index contributed by atoms with van der Waals surface area (Å²) in [7, 11) is 0. The molecule has 2 aromatic rings. The Morgan fingerprint density at radius 2 is 2.33 bits per heavy atom. The quantitative estimate of drug-likeness (QED) is 0.900. The average molecular weight is 243 g/mol. The lowest BCUT2D eigenvalue weighted by atomic mass is 10.2. The Hall–Kier alpha value is -1.68. The molecule has 3 rings (SSSR count). The second-order valence-electron chi connectivity index (χ2n) is 4.84. The molecular weight excluding hydrogens is 226 g/mol. The summed E-state index contributed by atoms with van der Waals surface area (Å²) in [6, 6.07) is 4.58. The molecule has 0 spiro atoms. The Labute approximate surface area is 106 Å². The van der Waals surface area contributed by atoms with Crippen LogP contribution in [0.25, 0.3) is 0 Å². The zero-order valence-electron chi connectivity index (χ0n) is 10.7. The lowest BCUT2D eigenvalue weighted by Gasteiger charge is -2.17. The molecule has 1 aliphatic rings. The first-order chi connectivity index (χ1) is 8.74. The Balaban J connectivity index is 1.75. The van der Waals surface area contributed by atoms with Crippen LogP contribution in [0.5, 0.6) is 0 Å². The van der Waals surface area contributed by atoms with Crippen molar-refractivity contribution in [1.29, 1.82) is 0 Å². The number of fused-ring (bicyclic) bond motifs is 1. The van der Waals surface area contributed by atoms with Crippen molar-refractivity contribution in [1.82, 2.24) is 15.3 Å². The number of hydrogen-bond donors (Lipinski definition) is 1. The van der Waals surface area contributed by atoms with Crippen LogP contribution in [-0.4, -0.2) is 9.97 Å². The van der Waals surface area contributed by atoms with Gasteiger partial charge in [-0.1, -0.05) is 6.07 Å². The summed E-state index contributed by atoms with van der Waals surface area (Å²) in [5.41, 5.74) is 2.53. The van der Waals surface area contributed by atoms with Crippen LogP contribution in [0.15, 0.2) is 28.9 Å². The minimum Gasteiger partial charge on any atom is -0.444 e. The maximum Gasteiger partial charge on any atom is 0.211 e. The number of oxazole rings is 1. The van der Waals surface area contributed by atoms with Crippen molar-refractivity contribution >= 4 is 0 Å². The third kappa shape index (κ3) is 2.04. The molecule has 0 saturated carbocycles. The van der Waals surface area contributed by atoms with Gasteiger partial charge in [-0.15, -0.1) is 0 Å². The van der Waals surface area contributed by atoms with E-state index in [1.54, 1.807) is 6.20 Å². The van der Waals surface area contributed by atoms with Crippen molar-refractivity contribution in [2.75, 3.05) is 0 Å². The van der Waals surface area contributed by atoms with E-state index in [1.807, 2.05) is 19.2 Å². The first kappa shape index (κ1) is 11.4. The Bertz CT molecular complexity index is 549. The Kier molecular flexibility index (Phi) is 2.88. The molecule has 0 aromatic carbocycles. The van der Waals surface area contributed by atoms with Crippen LogP contribution < -0.4 is 5.32 Å². The maximum absolute atomic E-state index is 5.55. The van der Waals surface area contributed by atoms with Gasteiger partial charge in [0.15, 0.2) is 0 Å². The van der Waals surface area contributed by atoms with Crippen molar-refractivity contribution in [3.8, 4) is 0 Å². The molecule has 2 heterocycles. The predicted molar refractivity (Wildman–Crippen MR) is 68.1 cm³/mol. The molecule has 0 fully saturated rings. The van der Waals surface area contributed by atoms with Gasteiger partial charge in [0.05, 0.1) is 24.0 Å². The summed E-state index contributed by atoms with van der Waals surface area (Å²) in [6.07, 6.45) is 5.81. The molecule has 4 nitrogen and oxygen atoms in total. The van der Waals surface area contributed by atoms with E-state index in [0.29, 0.717) is 6.04 Å². The highest BCUT2D eigenvalue weighted by Crippen LogP contribution is 2.30. The Morgan fingerprint density at radius 3 is 3.11 bits per heavy atom. The van der Waals surface area contributed by atoms with Gasteiger partial charge in [0, 0.05) is 6.20 Å². The zero-order valence-corrected chi connectivity index (χ0v) is 10.7. The van der Waals surface area contributed by atoms with Crippen LogP contribution in [0.1, 0.15) is 48.3 Å². The number of nitrogens with one attached hydrogen (secondary N) is 1. The van der Waals surface area contributed by atoms with Crippen LogP contribution >= 0.6 is 0 Å². The minimum absolute atomic E-state index is 0.108. The van der Waals surface area contributed by atoms with Gasteiger partial charge in [-0.05, 0) is 38.3 Å². The highest BCUT2D eigenvalue weighted by molar-refractivity contribution is 5.28. The van der Waals surface area contributed by atoms with Crippen LogP contribution in [0.4, 0.5) is 0 Å². The molecule has 0 aliphatic heterocycles. The highest BCUT2D eigenvalue weighted by Gasteiger charge is 2.26. The standard InChI is InChI=1S/C14H17N3O/c1-9-8-16-14(18-9)10(2)17-12-6-5-11-4-3-7-15-13(11)12/h3-4,7-8,10,12,17H,5-6H2,1-2H3. The average Bonchev–Trinajstić information content (AvgIpc) is 2.97. The van der Waals surface area contributed by atoms with Crippen molar-refractivity contribution in [2.45, 2.75) is 38.8 Å². The first-order valence-corrected chi connectivity index (χ1v) is 6.36. The third-order valence-electron chi connectivity index (χ3n) is 3.42. The fourth-order valence-corrected chi connectivity index (χ4v) is 2.52. The van der Waals surface area contributed by atoms with E-state index in [9.17, 15) is 0 Å². The summed E-state index contributed by atoms with van der Waals surface area (Å²) < 4.78 is 5.55. The molecule has 2 aromatic heterocycles. The van der Waals surface area contributed by atoms with Gasteiger partial charge in [0.25, 0.3) is 0 Å². The van der Waals surface area contributed by atoms with Crippen molar-refractivity contribution in [2.24, 2.45) is 0 Å². The summed E-state index contributed by atoms with van der Waals surface area (Å²) in [5.74, 6) is 1.60. The van der Waals surface area contributed by atoms with E-state index >= 15 is 0 Å². The SMILES string of the molecule is Cc1cnc(C(C)NC2CCc3cccnc32)o1. The van der Waals surface area contributed by atoms with Gasteiger partial charge < -0.3 is 4.42 Å². The van der Waals surface area contributed by atoms with Gasteiger partial charge in [-0.2, -0.15) is 0 Å². The lowest BCUT2D eigenvalue weighted by Crippen LogP contribution is -2.23. The van der Waals surface area contributed by atoms with Crippen LogP contribution in [0, 0.1) is 6.92 Å². The van der Waals surface area contributed by atoms with E-state index < -0.39 is 0 Å². The van der Waals surface area contributed by atoms with E-state index in [4.69, 9.17) is 4.42 Å². The number of aryl methyl sites for hydroxylation is 2. The number of rotatable bonds is 3. The molecular formula is C14H17N3O. The second kappa shape index (κ2) is 4.53. The van der Waals surface area contributed by atoms with Crippen molar-refractivity contribution in [3.63, 3.8) is 0 Å². The van der Waals surface area contributed by atoms with E-state index in [2.05, 4.69) is 28.3 Å². The molecule has 4 heteroatoms. The van der Waals surface area contributed by atoms with E-state index in [1.165, 1.54) is 11.3 Å². The molecule has 0 radical (unpaired) electrons. The monoisotopic (exact) mass is 243 g/mol. The zero-order chi connectivity index (χ0) is 12.5.